The zero-order valence-corrected chi connectivity index (χ0v) is 15.9. The van der Waals surface area contributed by atoms with Crippen LogP contribution in [0.25, 0.3) is 0 Å². The topological polar surface area (TPSA) is 81.8 Å². The number of carbonyl (C=O) groups is 1. The highest BCUT2D eigenvalue weighted by Crippen LogP contribution is 2.23. The van der Waals surface area contributed by atoms with E-state index in [0.717, 1.165) is 57.9 Å². The Morgan fingerprint density at radius 1 is 0.960 bits per heavy atom. The van der Waals surface area contributed by atoms with Gasteiger partial charge in [-0.15, -0.1) is 0 Å². The van der Waals surface area contributed by atoms with Gasteiger partial charge in [-0.05, 0) is 51.0 Å². The summed E-state index contributed by atoms with van der Waals surface area (Å²) in [5.74, 6) is 0.269. The minimum Gasteiger partial charge on any atom is -0.354 e. The third-order valence-corrected chi connectivity index (χ3v) is 7.64. The molecule has 25 heavy (non-hydrogen) atoms. The van der Waals surface area contributed by atoms with Gasteiger partial charge in [-0.25, -0.2) is 0 Å². The molecular weight excluding hydrogens is 340 g/mol. The second-order valence-corrected chi connectivity index (χ2v) is 9.51. The molecule has 0 radical (unpaired) electrons. The van der Waals surface area contributed by atoms with E-state index in [1.807, 2.05) is 0 Å². The Kier molecular flexibility index (Phi) is 6.71. The maximum atomic E-state index is 12.9. The zero-order chi connectivity index (χ0) is 17.7. The molecule has 8 heteroatoms. The molecule has 2 atom stereocenters. The van der Waals surface area contributed by atoms with Gasteiger partial charge in [-0.3, -0.25) is 4.79 Å². The molecule has 2 N–H and O–H groups in total. The Labute approximate surface area is 151 Å². The lowest BCUT2D eigenvalue weighted by atomic mass is 9.99. The molecule has 1 amide bonds. The van der Waals surface area contributed by atoms with E-state index in [1.54, 1.807) is 8.61 Å². The molecule has 0 bridgehead atoms. The third-order valence-electron chi connectivity index (χ3n) is 5.64. The molecule has 0 aromatic heterocycles. The van der Waals surface area contributed by atoms with Crippen LogP contribution in [-0.2, 0) is 15.0 Å². The average molecular weight is 373 g/mol. The first kappa shape index (κ1) is 19.1. The van der Waals surface area contributed by atoms with Crippen LogP contribution < -0.4 is 10.6 Å². The fraction of sp³-hybridized carbons (Fsp3) is 0.941. The van der Waals surface area contributed by atoms with Crippen LogP contribution in [0.3, 0.4) is 0 Å². The van der Waals surface area contributed by atoms with E-state index in [-0.39, 0.29) is 17.9 Å². The molecule has 0 aromatic rings. The van der Waals surface area contributed by atoms with Crippen LogP contribution in [0.1, 0.15) is 51.4 Å². The van der Waals surface area contributed by atoms with Gasteiger partial charge in [0.2, 0.25) is 5.91 Å². The summed E-state index contributed by atoms with van der Waals surface area (Å²) in [5, 5.41) is 6.22. The molecule has 144 valence electrons. The number of amides is 1. The first-order valence-corrected chi connectivity index (χ1v) is 11.2. The summed E-state index contributed by atoms with van der Waals surface area (Å²) in [5.41, 5.74) is 0. The van der Waals surface area contributed by atoms with Gasteiger partial charge < -0.3 is 10.6 Å². The second-order valence-electron chi connectivity index (χ2n) is 7.58. The average Bonchev–Trinajstić information content (AvgIpc) is 3.02. The lowest BCUT2D eigenvalue weighted by Crippen LogP contribution is -2.50. The Balaban J connectivity index is 1.52. The standard InChI is InChI=1S/C17H32N4O3S/c22-17(16-8-5-9-18-16)19-13-15-7-6-12-21(14-15)25(23,24)20-10-3-1-2-4-11-20/h15-16,18H,1-14H2,(H,19,22). The van der Waals surface area contributed by atoms with Crippen LogP contribution in [0.4, 0.5) is 0 Å². The molecule has 0 saturated carbocycles. The van der Waals surface area contributed by atoms with Gasteiger partial charge >= 0.3 is 0 Å². The van der Waals surface area contributed by atoms with Crippen molar-refractivity contribution >= 4 is 16.1 Å². The number of piperidine rings is 1. The first-order valence-electron chi connectivity index (χ1n) is 9.83. The fourth-order valence-corrected chi connectivity index (χ4v) is 5.92. The molecule has 3 aliphatic heterocycles. The predicted molar refractivity (Wildman–Crippen MR) is 97.3 cm³/mol. The van der Waals surface area contributed by atoms with E-state index in [0.29, 0.717) is 32.7 Å². The summed E-state index contributed by atoms with van der Waals surface area (Å²) in [6.07, 6.45) is 7.95. The van der Waals surface area contributed by atoms with Gasteiger partial charge in [-0.1, -0.05) is 12.8 Å². The van der Waals surface area contributed by atoms with Crippen LogP contribution >= 0.6 is 0 Å². The van der Waals surface area contributed by atoms with Gasteiger partial charge in [0.1, 0.15) is 0 Å². The Hall–Kier alpha value is -0.700. The maximum absolute atomic E-state index is 12.9. The number of rotatable bonds is 5. The highest BCUT2D eigenvalue weighted by atomic mass is 32.2. The van der Waals surface area contributed by atoms with E-state index in [2.05, 4.69) is 10.6 Å². The quantitative estimate of drug-likeness (QED) is 0.744. The Bertz CT molecular complexity index is 540. The highest BCUT2D eigenvalue weighted by Gasteiger charge is 2.34. The van der Waals surface area contributed by atoms with Crippen LogP contribution in [0.5, 0.6) is 0 Å². The number of carbonyl (C=O) groups excluding carboxylic acids is 1. The Morgan fingerprint density at radius 3 is 2.36 bits per heavy atom. The van der Waals surface area contributed by atoms with Crippen molar-refractivity contribution in [3.63, 3.8) is 0 Å². The van der Waals surface area contributed by atoms with Gasteiger partial charge in [0.05, 0.1) is 6.04 Å². The summed E-state index contributed by atoms with van der Waals surface area (Å²) in [6, 6.07) is -0.0690. The summed E-state index contributed by atoms with van der Waals surface area (Å²) in [7, 11) is -3.35. The fourth-order valence-electron chi connectivity index (χ4n) is 4.12. The minimum absolute atomic E-state index is 0.0602. The number of hydrogen-bond acceptors (Lipinski definition) is 4. The summed E-state index contributed by atoms with van der Waals surface area (Å²) in [6.45, 7) is 3.90. The van der Waals surface area contributed by atoms with E-state index in [4.69, 9.17) is 0 Å². The van der Waals surface area contributed by atoms with Gasteiger partial charge in [-0.2, -0.15) is 17.0 Å². The molecule has 7 nitrogen and oxygen atoms in total. The second kappa shape index (κ2) is 8.79. The van der Waals surface area contributed by atoms with Gasteiger partial charge in [0.15, 0.2) is 0 Å². The minimum atomic E-state index is -3.35. The van der Waals surface area contributed by atoms with Crippen LogP contribution in [0.2, 0.25) is 0 Å². The largest absolute Gasteiger partial charge is 0.354 e. The zero-order valence-electron chi connectivity index (χ0n) is 15.1. The molecular formula is C17H32N4O3S. The van der Waals surface area contributed by atoms with Crippen molar-refractivity contribution in [2.24, 2.45) is 5.92 Å². The molecule has 0 aliphatic carbocycles. The summed E-state index contributed by atoms with van der Waals surface area (Å²) >= 11 is 0. The van der Waals surface area contributed by atoms with E-state index < -0.39 is 10.2 Å². The SMILES string of the molecule is O=C(NCC1CCCN(S(=O)(=O)N2CCCCCC2)C1)C1CCCN1. The monoisotopic (exact) mass is 372 g/mol. The number of nitrogens with zero attached hydrogens (tertiary/aromatic N) is 2. The van der Waals surface area contributed by atoms with Crippen LogP contribution in [0.15, 0.2) is 0 Å². The molecule has 3 fully saturated rings. The number of nitrogens with one attached hydrogen (secondary N) is 2. The van der Waals surface area contributed by atoms with Crippen molar-refractivity contribution < 1.29 is 13.2 Å². The molecule has 3 rings (SSSR count). The van der Waals surface area contributed by atoms with Crippen molar-refractivity contribution in [1.82, 2.24) is 19.2 Å². The predicted octanol–water partition coefficient (Wildman–Crippen LogP) is 0.687. The number of hydrogen-bond donors (Lipinski definition) is 2. The Morgan fingerprint density at radius 2 is 1.68 bits per heavy atom. The van der Waals surface area contributed by atoms with Crippen molar-refractivity contribution in [2.45, 2.75) is 57.4 Å². The smallest absolute Gasteiger partial charge is 0.281 e. The van der Waals surface area contributed by atoms with Crippen molar-refractivity contribution in [2.75, 3.05) is 39.3 Å². The van der Waals surface area contributed by atoms with Crippen molar-refractivity contribution in [3.8, 4) is 0 Å². The van der Waals surface area contributed by atoms with Crippen LogP contribution in [-0.4, -0.2) is 68.2 Å². The molecule has 3 heterocycles. The van der Waals surface area contributed by atoms with E-state index >= 15 is 0 Å². The lowest BCUT2D eigenvalue weighted by Gasteiger charge is -2.35. The highest BCUT2D eigenvalue weighted by molar-refractivity contribution is 7.86. The maximum Gasteiger partial charge on any atom is 0.281 e. The summed E-state index contributed by atoms with van der Waals surface area (Å²) < 4.78 is 29.2. The van der Waals surface area contributed by atoms with Gasteiger partial charge in [0.25, 0.3) is 10.2 Å². The van der Waals surface area contributed by atoms with Crippen molar-refractivity contribution in [1.29, 1.82) is 0 Å². The van der Waals surface area contributed by atoms with Crippen molar-refractivity contribution in [3.05, 3.63) is 0 Å². The van der Waals surface area contributed by atoms with E-state index in [9.17, 15) is 13.2 Å². The first-order chi connectivity index (χ1) is 12.1. The summed E-state index contributed by atoms with van der Waals surface area (Å²) in [4.78, 5) is 12.1. The van der Waals surface area contributed by atoms with Crippen LogP contribution in [0, 0.1) is 5.92 Å². The van der Waals surface area contributed by atoms with Gasteiger partial charge in [0, 0.05) is 32.7 Å². The molecule has 2 unspecified atom stereocenters. The third kappa shape index (κ3) is 4.93. The molecule has 0 spiro atoms. The molecule has 3 saturated heterocycles. The normalized spacial score (nSPS) is 30.1. The molecule has 3 aliphatic rings. The van der Waals surface area contributed by atoms with E-state index in [1.165, 1.54) is 0 Å². The lowest BCUT2D eigenvalue weighted by molar-refractivity contribution is -0.123. The molecule has 0 aromatic carbocycles.